The molecule has 0 saturated carbocycles. The summed E-state index contributed by atoms with van der Waals surface area (Å²) < 4.78 is 92.5. The van der Waals surface area contributed by atoms with E-state index in [4.69, 9.17) is 14.5 Å². The Hall–Kier alpha value is -4.36. The van der Waals surface area contributed by atoms with Crippen molar-refractivity contribution in [2.75, 3.05) is 25.1 Å². The maximum Gasteiger partial charge on any atom is 0.416 e. The molecule has 2 unspecified atom stereocenters. The van der Waals surface area contributed by atoms with Crippen LogP contribution in [0.3, 0.4) is 0 Å². The summed E-state index contributed by atoms with van der Waals surface area (Å²) in [6, 6.07) is 5.65. The molecule has 0 radical (unpaired) electrons. The molecular formula is C32H32F6N4O4. The van der Waals surface area contributed by atoms with Gasteiger partial charge < -0.3 is 19.2 Å². The molecule has 2 atom stereocenters. The van der Waals surface area contributed by atoms with E-state index in [0.29, 0.717) is 40.7 Å². The van der Waals surface area contributed by atoms with Crippen LogP contribution >= 0.6 is 0 Å². The summed E-state index contributed by atoms with van der Waals surface area (Å²) in [7, 11) is 1.48. The highest BCUT2D eigenvalue weighted by molar-refractivity contribution is 5.75. The van der Waals surface area contributed by atoms with E-state index in [1.165, 1.54) is 18.9 Å². The number of ether oxygens (including phenoxy) is 2. The Kier molecular flexibility index (Phi) is 8.69. The Morgan fingerprint density at radius 1 is 0.978 bits per heavy atom. The normalized spacial score (nSPS) is 18.8. The number of nitrogens with zero attached hydrogens (tertiary/aromatic N) is 4. The summed E-state index contributed by atoms with van der Waals surface area (Å²) >= 11 is 0. The summed E-state index contributed by atoms with van der Waals surface area (Å²) in [6.45, 7) is 6.57. The third kappa shape index (κ3) is 6.47. The second-order valence-electron chi connectivity index (χ2n) is 12.1. The lowest BCUT2D eigenvalue weighted by molar-refractivity contribution is -0.143. The third-order valence-electron chi connectivity index (χ3n) is 8.51. The number of alkyl halides is 6. The van der Waals surface area contributed by atoms with Gasteiger partial charge in [-0.05, 0) is 60.2 Å². The number of benzene rings is 2. The van der Waals surface area contributed by atoms with Gasteiger partial charge in [0.1, 0.15) is 18.1 Å². The van der Waals surface area contributed by atoms with Crippen LogP contribution in [0.15, 0.2) is 42.6 Å². The number of anilines is 1. The molecule has 0 bridgehead atoms. The fourth-order valence-electron chi connectivity index (χ4n) is 5.55. The molecule has 2 fully saturated rings. The van der Waals surface area contributed by atoms with Gasteiger partial charge in [-0.1, -0.05) is 19.9 Å². The molecule has 0 aliphatic carbocycles. The van der Waals surface area contributed by atoms with Gasteiger partial charge in [-0.25, -0.2) is 14.8 Å². The van der Waals surface area contributed by atoms with Gasteiger partial charge in [0.15, 0.2) is 0 Å². The van der Waals surface area contributed by atoms with Crippen LogP contribution in [0.4, 0.5) is 37.1 Å². The number of methoxy groups -OCH3 is 1. The van der Waals surface area contributed by atoms with Crippen molar-refractivity contribution < 1.29 is 45.4 Å². The number of carbonyl (C=O) groups excluding carboxylic acids is 2. The van der Waals surface area contributed by atoms with Gasteiger partial charge in [0.25, 0.3) is 0 Å². The summed E-state index contributed by atoms with van der Waals surface area (Å²) in [5.74, 6) is 0.872. The standard InChI is InChI=1S/C32H32F6N4O4/c1-18-27(19-12-21(31(33,34)35)14-22(13-19)32(36,37)38)46-29(44)42(18)17-25-24(16-39-28(40-25)41-9-5-10-41)23-15-20(6-7-26(23)45-4)30(2,3)8-11-43/h6-7,11-16,18,27H,5,8-10,17H2,1-4H3. The highest BCUT2D eigenvalue weighted by Gasteiger charge is 2.44. The monoisotopic (exact) mass is 650 g/mol. The molecule has 0 spiro atoms. The lowest BCUT2D eigenvalue weighted by Gasteiger charge is -2.31. The Labute approximate surface area is 261 Å². The SMILES string of the molecule is COc1ccc(C(C)(C)CC=O)cc1-c1cnc(N2CCC2)nc1CN1C(=O)OC(c2cc(C(F)(F)F)cc(C(F)(F)F)c2)C1C. The van der Waals surface area contributed by atoms with E-state index in [-0.39, 0.29) is 19.0 Å². The Morgan fingerprint density at radius 3 is 2.17 bits per heavy atom. The topological polar surface area (TPSA) is 84.9 Å². The van der Waals surface area contributed by atoms with Gasteiger partial charge in [-0.3, -0.25) is 4.90 Å². The van der Waals surface area contributed by atoms with Crippen LogP contribution < -0.4 is 9.64 Å². The van der Waals surface area contributed by atoms with E-state index in [0.717, 1.165) is 31.4 Å². The molecule has 8 nitrogen and oxygen atoms in total. The Morgan fingerprint density at radius 2 is 1.63 bits per heavy atom. The first-order valence-electron chi connectivity index (χ1n) is 14.5. The first-order chi connectivity index (χ1) is 21.5. The van der Waals surface area contributed by atoms with Crippen molar-refractivity contribution >= 4 is 18.3 Å². The van der Waals surface area contributed by atoms with Crippen LogP contribution in [0.1, 0.15) is 67.7 Å². The Balaban J connectivity index is 1.56. The van der Waals surface area contributed by atoms with Crippen molar-refractivity contribution in [3.05, 3.63) is 70.5 Å². The minimum atomic E-state index is -5.06. The van der Waals surface area contributed by atoms with Crippen LogP contribution in [-0.2, 0) is 33.8 Å². The molecule has 2 saturated heterocycles. The summed E-state index contributed by atoms with van der Waals surface area (Å²) in [5.41, 5.74) is -1.69. The minimum Gasteiger partial charge on any atom is -0.496 e. The molecule has 46 heavy (non-hydrogen) atoms. The number of cyclic esters (lactones) is 1. The summed E-state index contributed by atoms with van der Waals surface area (Å²) in [4.78, 5) is 37.0. The van der Waals surface area contributed by atoms with Gasteiger partial charge in [0.05, 0.1) is 36.5 Å². The minimum absolute atomic E-state index is 0.0328. The van der Waals surface area contributed by atoms with Crippen LogP contribution in [0.5, 0.6) is 5.75 Å². The zero-order valence-electron chi connectivity index (χ0n) is 25.5. The number of hydrogen-bond acceptors (Lipinski definition) is 7. The van der Waals surface area contributed by atoms with Gasteiger partial charge in [-0.2, -0.15) is 26.3 Å². The van der Waals surface area contributed by atoms with E-state index in [9.17, 15) is 35.9 Å². The van der Waals surface area contributed by atoms with E-state index in [2.05, 4.69) is 4.98 Å². The zero-order valence-corrected chi connectivity index (χ0v) is 25.5. The summed E-state index contributed by atoms with van der Waals surface area (Å²) in [6.07, 6.45) is -8.84. The highest BCUT2D eigenvalue weighted by Crippen LogP contribution is 2.42. The van der Waals surface area contributed by atoms with Crippen LogP contribution in [-0.4, -0.2) is 53.5 Å². The Bertz CT molecular complexity index is 1610. The van der Waals surface area contributed by atoms with Gasteiger partial charge in [0.2, 0.25) is 5.95 Å². The van der Waals surface area contributed by atoms with Crippen molar-refractivity contribution in [3.8, 4) is 16.9 Å². The molecule has 0 N–H and O–H groups in total. The van der Waals surface area contributed by atoms with Gasteiger partial charge in [0, 0.05) is 36.8 Å². The number of aromatic nitrogens is 2. The second-order valence-corrected chi connectivity index (χ2v) is 12.1. The molecule has 14 heteroatoms. The smallest absolute Gasteiger partial charge is 0.416 e. The van der Waals surface area contributed by atoms with Gasteiger partial charge in [-0.15, -0.1) is 0 Å². The van der Waals surface area contributed by atoms with E-state index < -0.39 is 52.7 Å². The average molecular weight is 651 g/mol. The van der Waals surface area contributed by atoms with Crippen molar-refractivity contribution in [3.63, 3.8) is 0 Å². The molecule has 1 amide bonds. The van der Waals surface area contributed by atoms with Crippen molar-refractivity contribution in [2.45, 2.75) is 70.1 Å². The molecule has 2 aromatic carbocycles. The number of amides is 1. The lowest BCUT2D eigenvalue weighted by atomic mass is 9.81. The highest BCUT2D eigenvalue weighted by atomic mass is 19.4. The van der Waals surface area contributed by atoms with Gasteiger partial charge >= 0.3 is 18.4 Å². The second kappa shape index (κ2) is 12.1. The number of carbonyl (C=O) groups is 2. The first-order valence-corrected chi connectivity index (χ1v) is 14.5. The maximum absolute atomic E-state index is 13.6. The fourth-order valence-corrected chi connectivity index (χ4v) is 5.55. The molecule has 3 heterocycles. The zero-order chi connectivity index (χ0) is 33.6. The van der Waals surface area contributed by atoms with Crippen molar-refractivity contribution in [1.29, 1.82) is 0 Å². The molecule has 2 aliphatic rings. The molecule has 3 aromatic rings. The van der Waals surface area contributed by atoms with E-state index in [1.807, 2.05) is 30.9 Å². The van der Waals surface area contributed by atoms with Crippen LogP contribution in [0, 0.1) is 0 Å². The third-order valence-corrected chi connectivity index (χ3v) is 8.51. The van der Waals surface area contributed by atoms with Crippen LogP contribution in [0.2, 0.25) is 0 Å². The molecule has 2 aliphatic heterocycles. The molecular weight excluding hydrogens is 618 g/mol. The predicted molar refractivity (Wildman–Crippen MR) is 155 cm³/mol. The number of aldehydes is 1. The largest absolute Gasteiger partial charge is 0.496 e. The van der Waals surface area contributed by atoms with E-state index >= 15 is 0 Å². The molecule has 1 aromatic heterocycles. The fraction of sp³-hybridized carbons (Fsp3) is 0.438. The van der Waals surface area contributed by atoms with E-state index in [1.54, 1.807) is 12.3 Å². The number of rotatable bonds is 9. The molecule has 5 rings (SSSR count). The summed E-state index contributed by atoms with van der Waals surface area (Å²) in [5, 5.41) is 0. The number of halogens is 6. The van der Waals surface area contributed by atoms with Crippen molar-refractivity contribution in [1.82, 2.24) is 14.9 Å². The molecule has 246 valence electrons. The maximum atomic E-state index is 13.6. The predicted octanol–water partition coefficient (Wildman–Crippen LogP) is 7.35. The number of hydrogen-bond donors (Lipinski definition) is 0. The quantitative estimate of drug-likeness (QED) is 0.177. The van der Waals surface area contributed by atoms with Crippen LogP contribution in [0.25, 0.3) is 11.1 Å². The lowest BCUT2D eigenvalue weighted by Crippen LogP contribution is -2.39. The van der Waals surface area contributed by atoms with Crippen molar-refractivity contribution in [2.24, 2.45) is 0 Å². The average Bonchev–Trinajstić information content (AvgIpc) is 3.23. The first kappa shape index (κ1) is 33.0.